The molecule has 0 aliphatic rings. The molecule has 0 bridgehead atoms. The van der Waals surface area contributed by atoms with Crippen LogP contribution >= 0.6 is 0 Å². The second-order valence-electron chi connectivity index (χ2n) is 5.40. The molecule has 2 rings (SSSR count). The van der Waals surface area contributed by atoms with Gasteiger partial charge in [0.2, 0.25) is 5.91 Å². The Kier molecular flexibility index (Phi) is 6.50. The molecule has 2 N–H and O–H groups in total. The smallest absolute Gasteiger partial charge is 0.233 e. The minimum Gasteiger partial charge on any atom is -0.392 e. The molecule has 2 aromatic carbocycles. The molecule has 0 spiro atoms. The molecule has 1 amide bonds. The molecule has 23 heavy (non-hydrogen) atoms. The van der Waals surface area contributed by atoms with Gasteiger partial charge in [0.1, 0.15) is 5.75 Å². The molecule has 2 aromatic rings. The number of hydrogen-bond acceptors (Lipinski definition) is 3. The predicted octanol–water partition coefficient (Wildman–Crippen LogP) is 2.30. The summed E-state index contributed by atoms with van der Waals surface area (Å²) in [6.07, 6.45) is 0. The number of hydrogen-bond donors (Lipinski definition) is 2. The van der Waals surface area contributed by atoms with Gasteiger partial charge in [0.25, 0.3) is 0 Å². The van der Waals surface area contributed by atoms with E-state index in [9.17, 15) is 9.00 Å². The summed E-state index contributed by atoms with van der Waals surface area (Å²) in [6, 6.07) is 16.8. The fourth-order valence-corrected chi connectivity index (χ4v) is 3.27. The molecule has 0 aromatic heterocycles. The SMILES string of the molecule is CC(NC(=O)CS(=O)Cc1ccc(CO)cc1)c1ccccc1. The van der Waals surface area contributed by atoms with Crippen LogP contribution in [-0.4, -0.2) is 21.0 Å². The average molecular weight is 331 g/mol. The van der Waals surface area contributed by atoms with Crippen molar-refractivity contribution in [1.29, 1.82) is 0 Å². The van der Waals surface area contributed by atoms with Crippen LogP contribution in [0.15, 0.2) is 54.6 Å². The van der Waals surface area contributed by atoms with Gasteiger partial charge in [-0.2, -0.15) is 0 Å². The van der Waals surface area contributed by atoms with Crippen LogP contribution in [0.2, 0.25) is 0 Å². The van der Waals surface area contributed by atoms with E-state index in [0.29, 0.717) is 5.75 Å². The van der Waals surface area contributed by atoms with Crippen LogP contribution in [0.3, 0.4) is 0 Å². The number of aliphatic hydroxyl groups is 1. The van der Waals surface area contributed by atoms with Crippen LogP contribution in [-0.2, 0) is 28.0 Å². The quantitative estimate of drug-likeness (QED) is 0.818. The van der Waals surface area contributed by atoms with Gasteiger partial charge in [-0.15, -0.1) is 0 Å². The Morgan fingerprint density at radius 2 is 1.70 bits per heavy atom. The van der Waals surface area contributed by atoms with Crippen LogP contribution in [0.25, 0.3) is 0 Å². The Hall–Kier alpha value is -1.98. The second kappa shape index (κ2) is 8.60. The molecule has 0 aliphatic heterocycles. The van der Waals surface area contributed by atoms with Crippen LogP contribution in [0, 0.1) is 0 Å². The number of amides is 1. The molecular formula is C18H21NO3S. The zero-order valence-corrected chi connectivity index (χ0v) is 13.9. The molecule has 0 fully saturated rings. The van der Waals surface area contributed by atoms with Gasteiger partial charge in [-0.25, -0.2) is 0 Å². The lowest BCUT2D eigenvalue weighted by atomic mass is 10.1. The second-order valence-corrected chi connectivity index (χ2v) is 6.86. The summed E-state index contributed by atoms with van der Waals surface area (Å²) in [7, 11) is -1.26. The molecule has 2 atom stereocenters. The van der Waals surface area contributed by atoms with Gasteiger partial charge in [-0.05, 0) is 23.6 Å². The van der Waals surface area contributed by atoms with Gasteiger partial charge in [-0.1, -0.05) is 54.6 Å². The number of aliphatic hydroxyl groups excluding tert-OH is 1. The van der Waals surface area contributed by atoms with E-state index in [1.807, 2.05) is 49.4 Å². The summed E-state index contributed by atoms with van der Waals surface area (Å²) < 4.78 is 12.1. The summed E-state index contributed by atoms with van der Waals surface area (Å²) >= 11 is 0. The third-order valence-corrected chi connectivity index (χ3v) is 4.74. The fraction of sp³-hybridized carbons (Fsp3) is 0.278. The van der Waals surface area contributed by atoms with Crippen molar-refractivity contribution in [3.05, 3.63) is 71.3 Å². The maximum atomic E-state index is 12.1. The standard InChI is InChI=1S/C18H21NO3S/c1-14(17-5-3-2-4-6-17)19-18(21)13-23(22)12-16-9-7-15(11-20)8-10-16/h2-10,14,20H,11-13H2,1H3,(H,19,21). The van der Waals surface area contributed by atoms with E-state index in [-0.39, 0.29) is 24.3 Å². The topological polar surface area (TPSA) is 66.4 Å². The molecule has 122 valence electrons. The van der Waals surface area contributed by atoms with Crippen molar-refractivity contribution in [1.82, 2.24) is 5.32 Å². The highest BCUT2D eigenvalue weighted by atomic mass is 32.2. The van der Waals surface area contributed by atoms with Gasteiger partial charge in [-0.3, -0.25) is 9.00 Å². The van der Waals surface area contributed by atoms with Crippen molar-refractivity contribution in [2.75, 3.05) is 5.75 Å². The van der Waals surface area contributed by atoms with Gasteiger partial charge >= 0.3 is 0 Å². The number of carbonyl (C=O) groups is 1. The summed E-state index contributed by atoms with van der Waals surface area (Å²) in [5.74, 6) is 0.101. The van der Waals surface area contributed by atoms with Crippen molar-refractivity contribution in [2.45, 2.75) is 25.3 Å². The molecule has 0 saturated carbocycles. The first-order valence-corrected chi connectivity index (χ1v) is 8.95. The van der Waals surface area contributed by atoms with E-state index in [0.717, 1.165) is 16.7 Å². The molecule has 0 heterocycles. The molecule has 5 heteroatoms. The molecule has 0 radical (unpaired) electrons. The van der Waals surface area contributed by atoms with E-state index in [1.165, 1.54) is 0 Å². The third kappa shape index (κ3) is 5.62. The zero-order chi connectivity index (χ0) is 16.7. The summed E-state index contributed by atoms with van der Waals surface area (Å²) in [5.41, 5.74) is 2.73. The van der Waals surface area contributed by atoms with Crippen LogP contribution in [0.5, 0.6) is 0 Å². The zero-order valence-electron chi connectivity index (χ0n) is 13.1. The molecule has 0 aliphatic carbocycles. The van der Waals surface area contributed by atoms with E-state index in [4.69, 9.17) is 5.11 Å². The Labute approximate surface area is 139 Å². The lowest BCUT2D eigenvalue weighted by molar-refractivity contribution is -0.119. The minimum absolute atomic E-state index is 0.0108. The van der Waals surface area contributed by atoms with E-state index < -0.39 is 10.8 Å². The van der Waals surface area contributed by atoms with Gasteiger partial charge in [0.15, 0.2) is 0 Å². The molecule has 2 unspecified atom stereocenters. The lowest BCUT2D eigenvalue weighted by Gasteiger charge is -2.14. The number of carbonyl (C=O) groups excluding carboxylic acids is 1. The number of nitrogens with one attached hydrogen (secondary N) is 1. The van der Waals surface area contributed by atoms with Crippen molar-refractivity contribution >= 4 is 16.7 Å². The first kappa shape index (κ1) is 17.4. The highest BCUT2D eigenvalue weighted by Gasteiger charge is 2.12. The van der Waals surface area contributed by atoms with Crippen molar-refractivity contribution < 1.29 is 14.1 Å². The Morgan fingerprint density at radius 3 is 2.30 bits per heavy atom. The largest absolute Gasteiger partial charge is 0.392 e. The van der Waals surface area contributed by atoms with Gasteiger partial charge < -0.3 is 10.4 Å². The van der Waals surface area contributed by atoms with Crippen molar-refractivity contribution in [3.63, 3.8) is 0 Å². The van der Waals surface area contributed by atoms with Gasteiger partial charge in [0.05, 0.1) is 12.6 Å². The first-order valence-electron chi connectivity index (χ1n) is 7.46. The molecular weight excluding hydrogens is 310 g/mol. The number of rotatable bonds is 7. The molecule has 4 nitrogen and oxygen atoms in total. The van der Waals surface area contributed by atoms with Crippen molar-refractivity contribution in [3.8, 4) is 0 Å². The highest BCUT2D eigenvalue weighted by molar-refractivity contribution is 7.84. The summed E-state index contributed by atoms with van der Waals surface area (Å²) in [6.45, 7) is 1.90. The van der Waals surface area contributed by atoms with Crippen LogP contribution in [0.1, 0.15) is 29.7 Å². The highest BCUT2D eigenvalue weighted by Crippen LogP contribution is 2.11. The Balaban J connectivity index is 1.83. The normalized spacial score (nSPS) is 13.3. The Morgan fingerprint density at radius 1 is 1.09 bits per heavy atom. The van der Waals surface area contributed by atoms with Crippen molar-refractivity contribution in [2.24, 2.45) is 0 Å². The Bertz CT molecular complexity index is 656. The maximum Gasteiger partial charge on any atom is 0.233 e. The van der Waals surface area contributed by atoms with E-state index in [2.05, 4.69) is 5.32 Å². The molecule has 0 saturated heterocycles. The van der Waals surface area contributed by atoms with Gasteiger partial charge in [0, 0.05) is 16.6 Å². The van der Waals surface area contributed by atoms with E-state index >= 15 is 0 Å². The van der Waals surface area contributed by atoms with E-state index in [1.54, 1.807) is 12.1 Å². The first-order chi connectivity index (χ1) is 11.1. The minimum atomic E-state index is -1.26. The van der Waals surface area contributed by atoms with Crippen LogP contribution < -0.4 is 5.32 Å². The fourth-order valence-electron chi connectivity index (χ4n) is 2.23. The average Bonchev–Trinajstić information content (AvgIpc) is 2.56. The lowest BCUT2D eigenvalue weighted by Crippen LogP contribution is -2.31. The number of benzene rings is 2. The predicted molar refractivity (Wildman–Crippen MR) is 92.1 cm³/mol. The summed E-state index contributed by atoms with van der Waals surface area (Å²) in [5, 5.41) is 11.9. The monoisotopic (exact) mass is 331 g/mol. The summed E-state index contributed by atoms with van der Waals surface area (Å²) in [4.78, 5) is 12.0. The maximum absolute atomic E-state index is 12.1. The third-order valence-electron chi connectivity index (χ3n) is 3.50. The van der Waals surface area contributed by atoms with Crippen LogP contribution in [0.4, 0.5) is 0 Å².